The number of aromatic amines is 1. The van der Waals surface area contributed by atoms with Crippen LogP contribution in [-0.2, 0) is 5.60 Å². The zero-order valence-electron chi connectivity index (χ0n) is 22.2. The van der Waals surface area contributed by atoms with Gasteiger partial charge in [-0.2, -0.15) is 13.2 Å². The summed E-state index contributed by atoms with van der Waals surface area (Å²) in [5.74, 6) is -3.06. The van der Waals surface area contributed by atoms with Gasteiger partial charge in [0.25, 0.3) is 5.91 Å². The van der Waals surface area contributed by atoms with E-state index in [1.54, 1.807) is 0 Å². The summed E-state index contributed by atoms with van der Waals surface area (Å²) in [6, 6.07) is 4.64. The van der Waals surface area contributed by atoms with E-state index in [1.165, 1.54) is 6.07 Å². The summed E-state index contributed by atoms with van der Waals surface area (Å²) in [6.45, 7) is -3.98. The molecule has 0 saturated heterocycles. The Morgan fingerprint density at radius 3 is 2.54 bits per heavy atom. The molecule has 2 unspecified atom stereocenters. The number of benzene rings is 3. The molecule has 3 amide bonds. The number of nitrogens with one attached hydrogen (secondary N) is 2. The van der Waals surface area contributed by atoms with Gasteiger partial charge < -0.3 is 21.1 Å². The highest BCUT2D eigenvalue weighted by molar-refractivity contribution is 6.31. The van der Waals surface area contributed by atoms with Gasteiger partial charge in [0.2, 0.25) is 11.2 Å². The van der Waals surface area contributed by atoms with Gasteiger partial charge in [-0.15, -0.1) is 0 Å². The number of urea groups is 1. The molecule has 2 aliphatic rings. The number of halogens is 6. The van der Waals surface area contributed by atoms with Gasteiger partial charge in [0, 0.05) is 44.2 Å². The molecule has 210 valence electrons. The number of nitrogens with zero attached hydrogens (tertiary/aromatic N) is 1. The Bertz CT molecular complexity index is 1990. The number of alkyl halides is 3. The lowest BCUT2D eigenvalue weighted by atomic mass is 9.82. The third-order valence-electron chi connectivity index (χ3n) is 7.04. The number of aliphatic hydroxyl groups is 1. The molecule has 0 spiro atoms. The molecule has 8 nitrogen and oxygen atoms in total. The second-order valence-electron chi connectivity index (χ2n) is 9.38. The number of carbonyl (C=O) groups is 2. The molecule has 1 aromatic heterocycles. The smallest absolute Gasteiger partial charge is 0.375 e. The Labute approximate surface area is 233 Å². The number of fused-ring (bicyclic) bond motifs is 4. The topological polar surface area (TPSA) is 129 Å². The summed E-state index contributed by atoms with van der Waals surface area (Å²) >= 11 is 6.31. The van der Waals surface area contributed by atoms with Gasteiger partial charge in [0.15, 0.2) is 0 Å². The normalized spacial score (nSPS) is 21.8. The summed E-state index contributed by atoms with van der Waals surface area (Å²) in [4.78, 5) is 40.1. The van der Waals surface area contributed by atoms with Crippen LogP contribution >= 0.6 is 11.6 Å². The first-order valence-corrected chi connectivity index (χ1v) is 12.1. The van der Waals surface area contributed by atoms with Crippen LogP contribution in [0.4, 0.5) is 32.4 Å². The molecule has 6 rings (SSSR count). The van der Waals surface area contributed by atoms with E-state index >= 15 is 4.39 Å². The molecule has 14 heteroatoms. The lowest BCUT2D eigenvalue weighted by Crippen LogP contribution is -2.48. The summed E-state index contributed by atoms with van der Waals surface area (Å²) in [5.41, 5.74) is -4.54. The van der Waals surface area contributed by atoms with Crippen molar-refractivity contribution in [3.8, 4) is 11.1 Å². The lowest BCUT2D eigenvalue weighted by Gasteiger charge is -2.29. The van der Waals surface area contributed by atoms with Crippen molar-refractivity contribution >= 4 is 40.1 Å². The molecule has 0 radical (unpaired) electrons. The van der Waals surface area contributed by atoms with Crippen LogP contribution in [0.15, 0.2) is 53.3 Å². The fraction of sp³-hybridized carbons (Fsp3) is 0.148. The molecule has 0 bridgehead atoms. The Morgan fingerprint density at radius 2 is 1.85 bits per heavy atom. The van der Waals surface area contributed by atoms with Gasteiger partial charge in [-0.05, 0) is 48.0 Å². The molecular weight excluding hydrogens is 575 g/mol. The molecule has 0 fully saturated rings. The van der Waals surface area contributed by atoms with Crippen molar-refractivity contribution in [2.24, 2.45) is 5.73 Å². The number of carbonyl (C=O) groups excluding carboxylic acids is 2. The van der Waals surface area contributed by atoms with Crippen molar-refractivity contribution in [1.29, 1.82) is 0 Å². The van der Waals surface area contributed by atoms with Crippen molar-refractivity contribution in [2.75, 3.05) is 11.4 Å². The maximum absolute atomic E-state index is 16.0. The van der Waals surface area contributed by atoms with Crippen LogP contribution in [0.3, 0.4) is 0 Å². The lowest BCUT2D eigenvalue weighted by molar-refractivity contribution is -0.258. The van der Waals surface area contributed by atoms with Crippen molar-refractivity contribution in [1.82, 2.24) is 10.3 Å². The molecule has 3 heterocycles. The SMILES string of the molecule is [2H]C1([2H])N(C(N)=O)c2ccc(F)c(-c3cc4[nH]c(=O)ccc4c4c3C(c3cc(F)ccc3Cl)NC4=O)c2C1(O)C(F)(F)F. The van der Waals surface area contributed by atoms with Crippen LogP contribution in [0.5, 0.6) is 0 Å². The fourth-order valence-electron chi connectivity index (χ4n) is 5.36. The summed E-state index contributed by atoms with van der Waals surface area (Å²) in [6.07, 6.45) is -5.86. The number of hydrogen-bond acceptors (Lipinski definition) is 4. The number of amides is 3. The maximum Gasteiger partial charge on any atom is 0.423 e. The number of pyridine rings is 1. The van der Waals surface area contributed by atoms with E-state index in [-0.39, 0.29) is 37.5 Å². The Balaban J connectivity index is 1.82. The molecule has 2 aliphatic heterocycles. The van der Waals surface area contributed by atoms with E-state index in [9.17, 15) is 37.1 Å². The molecule has 4 aromatic rings. The summed E-state index contributed by atoms with van der Waals surface area (Å²) in [7, 11) is 0. The maximum atomic E-state index is 16.0. The number of aromatic nitrogens is 1. The molecule has 2 atom stereocenters. The van der Waals surface area contributed by atoms with Crippen LogP contribution in [0, 0.1) is 11.6 Å². The van der Waals surface area contributed by atoms with Crippen molar-refractivity contribution in [2.45, 2.75) is 17.8 Å². The fourth-order valence-corrected chi connectivity index (χ4v) is 5.59. The quantitative estimate of drug-likeness (QED) is 0.254. The predicted molar refractivity (Wildman–Crippen MR) is 138 cm³/mol. The van der Waals surface area contributed by atoms with Crippen LogP contribution in [0.2, 0.25) is 5.02 Å². The first kappa shape index (κ1) is 24.3. The Hall–Kier alpha value is -4.49. The highest BCUT2D eigenvalue weighted by Crippen LogP contribution is 2.55. The van der Waals surface area contributed by atoms with Gasteiger partial charge >= 0.3 is 12.2 Å². The number of hydrogen-bond donors (Lipinski definition) is 4. The van der Waals surface area contributed by atoms with E-state index in [0.717, 1.165) is 30.3 Å². The minimum Gasteiger partial charge on any atom is -0.375 e. The average molecular weight is 593 g/mol. The first-order chi connectivity index (χ1) is 20.0. The van der Waals surface area contributed by atoms with Gasteiger partial charge in [-0.3, -0.25) is 14.5 Å². The third kappa shape index (κ3) is 3.79. The Morgan fingerprint density at radius 1 is 1.12 bits per heavy atom. The van der Waals surface area contributed by atoms with E-state index < -0.39 is 75.8 Å². The summed E-state index contributed by atoms with van der Waals surface area (Å²) < 4.78 is 90.8. The average Bonchev–Trinajstić information content (AvgIpc) is 3.34. The van der Waals surface area contributed by atoms with E-state index in [0.29, 0.717) is 12.1 Å². The molecule has 3 aromatic carbocycles. The predicted octanol–water partition coefficient (Wildman–Crippen LogP) is 4.61. The standard InChI is InChI=1S/C27H16ClF5N4O4/c28-14-3-1-10(29)7-12(14)23-20-13(8-16-11(2-6-18(38)35-16)21(20)24(39)36-23)19-15(30)4-5-17-22(19)26(41,27(31,32)33)9-37(17)25(34)40/h1-8,23,41H,9H2,(H2,34,40)(H,35,38)(H,36,39)/i9D2. The minimum atomic E-state index is -5.86. The number of primary amides is 1. The number of H-pyrrole nitrogens is 1. The number of anilines is 1. The minimum absolute atomic E-state index is 0.0630. The first-order valence-electron chi connectivity index (χ1n) is 12.7. The van der Waals surface area contributed by atoms with Crippen molar-refractivity contribution in [3.05, 3.63) is 97.8 Å². The second-order valence-corrected chi connectivity index (χ2v) is 9.79. The largest absolute Gasteiger partial charge is 0.423 e. The van der Waals surface area contributed by atoms with Crippen LogP contribution in [0.25, 0.3) is 22.0 Å². The Kier molecular flexibility index (Phi) is 5.19. The van der Waals surface area contributed by atoms with Crippen LogP contribution < -0.4 is 21.5 Å². The molecule has 41 heavy (non-hydrogen) atoms. The van der Waals surface area contributed by atoms with Gasteiger partial charge in [0.1, 0.15) is 11.6 Å². The molecule has 0 aliphatic carbocycles. The third-order valence-corrected chi connectivity index (χ3v) is 7.38. The highest BCUT2D eigenvalue weighted by Gasteiger charge is 2.62. The zero-order valence-corrected chi connectivity index (χ0v) is 20.9. The van der Waals surface area contributed by atoms with Crippen molar-refractivity contribution < 1.29 is 39.4 Å². The number of rotatable bonds is 2. The van der Waals surface area contributed by atoms with E-state index in [1.807, 2.05) is 0 Å². The van der Waals surface area contributed by atoms with E-state index in [4.69, 9.17) is 20.1 Å². The zero-order chi connectivity index (χ0) is 31.4. The molecule has 5 N–H and O–H groups in total. The monoisotopic (exact) mass is 592 g/mol. The van der Waals surface area contributed by atoms with E-state index in [2.05, 4.69) is 10.3 Å². The number of nitrogens with two attached hydrogens (primary N) is 1. The number of β-amino-alcohol motifs (C(OH)–C–C–N with tert-alkyl or cyclic N) is 1. The summed E-state index contributed by atoms with van der Waals surface area (Å²) in [5, 5.41) is 13.7. The van der Waals surface area contributed by atoms with Crippen LogP contribution in [-0.4, -0.2) is 34.7 Å². The molecule has 0 saturated carbocycles. The van der Waals surface area contributed by atoms with Gasteiger partial charge in [-0.25, -0.2) is 13.6 Å². The van der Waals surface area contributed by atoms with Crippen LogP contribution in [0.1, 0.15) is 35.8 Å². The van der Waals surface area contributed by atoms with Gasteiger partial charge in [0.05, 0.1) is 26.5 Å². The molecular formula is C27H16ClF5N4O4. The van der Waals surface area contributed by atoms with Gasteiger partial charge in [-0.1, -0.05) is 11.6 Å². The second kappa shape index (κ2) is 8.75. The van der Waals surface area contributed by atoms with Crippen molar-refractivity contribution in [3.63, 3.8) is 0 Å². The highest BCUT2D eigenvalue weighted by atomic mass is 35.5.